The van der Waals surface area contributed by atoms with E-state index in [1.165, 1.54) is 10.9 Å². The van der Waals surface area contributed by atoms with Crippen molar-refractivity contribution in [1.82, 2.24) is 10.3 Å². The molecular weight excluding hydrogens is 262 g/mol. The van der Waals surface area contributed by atoms with Gasteiger partial charge in [-0.05, 0) is 33.0 Å². The van der Waals surface area contributed by atoms with Gasteiger partial charge < -0.3 is 15.0 Å². The monoisotopic (exact) mass is 285 g/mol. The highest BCUT2D eigenvalue weighted by molar-refractivity contribution is 5.82. The highest BCUT2D eigenvalue weighted by Crippen LogP contribution is 2.27. The molecular formula is C17H23N3O. The molecule has 2 heterocycles. The molecule has 2 aromatic rings. The van der Waals surface area contributed by atoms with Crippen LogP contribution >= 0.6 is 0 Å². The van der Waals surface area contributed by atoms with E-state index in [4.69, 9.17) is 9.72 Å². The number of rotatable bonds is 3. The zero-order valence-electron chi connectivity index (χ0n) is 13.0. The van der Waals surface area contributed by atoms with E-state index >= 15 is 0 Å². The van der Waals surface area contributed by atoms with Crippen LogP contribution < -0.4 is 10.2 Å². The summed E-state index contributed by atoms with van der Waals surface area (Å²) in [6.45, 7) is 6.80. The first kappa shape index (κ1) is 14.3. The van der Waals surface area contributed by atoms with E-state index in [1.807, 2.05) is 13.1 Å². The summed E-state index contributed by atoms with van der Waals surface area (Å²) in [6, 6.07) is 10.9. The summed E-state index contributed by atoms with van der Waals surface area (Å²) < 4.78 is 5.74. The fourth-order valence-electron chi connectivity index (χ4n) is 2.92. The number of morpholine rings is 1. The van der Waals surface area contributed by atoms with Crippen molar-refractivity contribution >= 4 is 16.7 Å². The summed E-state index contributed by atoms with van der Waals surface area (Å²) in [6.07, 6.45) is 0.247. The van der Waals surface area contributed by atoms with Crippen LogP contribution in [0.25, 0.3) is 10.9 Å². The molecule has 1 saturated heterocycles. The van der Waals surface area contributed by atoms with Crippen LogP contribution in [0.5, 0.6) is 0 Å². The van der Waals surface area contributed by atoms with Crippen LogP contribution in [0.4, 0.5) is 5.82 Å². The standard InChI is InChI=1S/C17H23N3O/c1-12-11-21-13(2)10-20(12)17-15(9-18-3)8-14-6-4-5-7-16(14)19-17/h4-8,12-13,18H,9-11H2,1-3H3. The fourth-order valence-corrected chi connectivity index (χ4v) is 2.92. The molecule has 112 valence electrons. The van der Waals surface area contributed by atoms with Crippen LogP contribution in [0.1, 0.15) is 19.4 Å². The Hall–Kier alpha value is -1.65. The number of pyridine rings is 1. The Bertz CT molecular complexity index is 628. The molecule has 0 amide bonds. The van der Waals surface area contributed by atoms with E-state index in [0.717, 1.165) is 31.0 Å². The number of fused-ring (bicyclic) bond motifs is 1. The third-order valence-electron chi connectivity index (χ3n) is 4.03. The molecule has 21 heavy (non-hydrogen) atoms. The number of benzene rings is 1. The Labute approximate surface area is 126 Å². The first-order chi connectivity index (χ1) is 10.2. The lowest BCUT2D eigenvalue weighted by Crippen LogP contribution is -2.48. The van der Waals surface area contributed by atoms with Crippen molar-refractivity contribution in [3.63, 3.8) is 0 Å². The molecule has 0 bridgehead atoms. The van der Waals surface area contributed by atoms with Crippen molar-refractivity contribution in [2.45, 2.75) is 32.5 Å². The van der Waals surface area contributed by atoms with Gasteiger partial charge in [-0.1, -0.05) is 18.2 Å². The molecule has 0 saturated carbocycles. The highest BCUT2D eigenvalue weighted by Gasteiger charge is 2.26. The molecule has 1 aliphatic heterocycles. The molecule has 4 heteroatoms. The van der Waals surface area contributed by atoms with Gasteiger partial charge in [0.25, 0.3) is 0 Å². The molecule has 0 aliphatic carbocycles. The SMILES string of the molecule is CNCc1cc2ccccc2nc1N1CC(C)OCC1C. The van der Waals surface area contributed by atoms with E-state index in [-0.39, 0.29) is 6.10 Å². The molecule has 1 aromatic heterocycles. The van der Waals surface area contributed by atoms with E-state index in [9.17, 15) is 0 Å². The molecule has 0 radical (unpaired) electrons. The summed E-state index contributed by atoms with van der Waals surface area (Å²) in [7, 11) is 1.98. The second kappa shape index (κ2) is 6.00. The molecule has 1 N–H and O–H groups in total. The number of ether oxygens (including phenoxy) is 1. The third-order valence-corrected chi connectivity index (χ3v) is 4.03. The minimum absolute atomic E-state index is 0.247. The number of hydrogen-bond donors (Lipinski definition) is 1. The van der Waals surface area contributed by atoms with Gasteiger partial charge in [-0.2, -0.15) is 0 Å². The highest BCUT2D eigenvalue weighted by atomic mass is 16.5. The zero-order chi connectivity index (χ0) is 14.8. The van der Waals surface area contributed by atoms with Crippen LogP contribution in [0.2, 0.25) is 0 Å². The maximum atomic E-state index is 5.74. The lowest BCUT2D eigenvalue weighted by atomic mass is 10.1. The number of nitrogens with one attached hydrogen (secondary N) is 1. The maximum Gasteiger partial charge on any atom is 0.134 e. The summed E-state index contributed by atoms with van der Waals surface area (Å²) >= 11 is 0. The molecule has 1 aromatic carbocycles. The third kappa shape index (κ3) is 2.87. The number of hydrogen-bond acceptors (Lipinski definition) is 4. The van der Waals surface area contributed by atoms with E-state index < -0.39 is 0 Å². The van der Waals surface area contributed by atoms with E-state index in [1.54, 1.807) is 0 Å². The predicted molar refractivity (Wildman–Crippen MR) is 86.7 cm³/mol. The van der Waals surface area contributed by atoms with Gasteiger partial charge in [0.15, 0.2) is 0 Å². The summed E-state index contributed by atoms with van der Waals surface area (Å²) in [5, 5.41) is 4.45. The average molecular weight is 285 g/mol. The van der Waals surface area contributed by atoms with Crippen molar-refractivity contribution in [3.05, 3.63) is 35.9 Å². The maximum absolute atomic E-state index is 5.74. The first-order valence-electron chi connectivity index (χ1n) is 7.60. The second-order valence-corrected chi connectivity index (χ2v) is 5.84. The van der Waals surface area contributed by atoms with Gasteiger partial charge in [0.05, 0.1) is 24.3 Å². The van der Waals surface area contributed by atoms with E-state index in [2.05, 4.69) is 48.3 Å². The number of nitrogens with zero attached hydrogens (tertiary/aromatic N) is 2. The van der Waals surface area contributed by atoms with Crippen LogP contribution in [0.3, 0.4) is 0 Å². The number of aromatic nitrogens is 1. The van der Waals surface area contributed by atoms with Crippen molar-refractivity contribution in [2.24, 2.45) is 0 Å². The Balaban J connectivity index is 2.07. The topological polar surface area (TPSA) is 37.4 Å². The van der Waals surface area contributed by atoms with Crippen molar-refractivity contribution in [1.29, 1.82) is 0 Å². The summed E-state index contributed by atoms with van der Waals surface area (Å²) in [4.78, 5) is 7.31. The van der Waals surface area contributed by atoms with Gasteiger partial charge in [0, 0.05) is 24.0 Å². The molecule has 3 rings (SSSR count). The fraction of sp³-hybridized carbons (Fsp3) is 0.471. The smallest absolute Gasteiger partial charge is 0.134 e. The van der Waals surface area contributed by atoms with Crippen LogP contribution in [0, 0.1) is 0 Å². The molecule has 4 nitrogen and oxygen atoms in total. The van der Waals surface area contributed by atoms with Crippen LogP contribution in [-0.2, 0) is 11.3 Å². The predicted octanol–water partition coefficient (Wildman–Crippen LogP) is 2.57. The first-order valence-corrected chi connectivity index (χ1v) is 7.60. The Morgan fingerprint density at radius 1 is 1.33 bits per heavy atom. The molecule has 1 aliphatic rings. The summed E-state index contributed by atoms with van der Waals surface area (Å²) in [5.41, 5.74) is 2.30. The minimum atomic E-state index is 0.247. The minimum Gasteiger partial charge on any atom is -0.375 e. The van der Waals surface area contributed by atoms with Gasteiger partial charge in [-0.25, -0.2) is 4.98 Å². The normalized spacial score (nSPS) is 22.7. The van der Waals surface area contributed by atoms with Gasteiger partial charge in [0.2, 0.25) is 0 Å². The Kier molecular flexibility index (Phi) is 4.08. The van der Waals surface area contributed by atoms with Gasteiger partial charge >= 0.3 is 0 Å². The van der Waals surface area contributed by atoms with Crippen LogP contribution in [0.15, 0.2) is 30.3 Å². The largest absolute Gasteiger partial charge is 0.375 e. The van der Waals surface area contributed by atoms with Crippen molar-refractivity contribution in [2.75, 3.05) is 25.1 Å². The molecule has 2 unspecified atom stereocenters. The van der Waals surface area contributed by atoms with Crippen molar-refractivity contribution < 1.29 is 4.74 Å². The van der Waals surface area contributed by atoms with Gasteiger partial charge in [0.1, 0.15) is 5.82 Å². The van der Waals surface area contributed by atoms with Crippen LogP contribution in [-0.4, -0.2) is 37.3 Å². The lowest BCUT2D eigenvalue weighted by Gasteiger charge is -2.38. The quantitative estimate of drug-likeness (QED) is 0.940. The Morgan fingerprint density at radius 2 is 2.14 bits per heavy atom. The number of para-hydroxylation sites is 1. The number of anilines is 1. The van der Waals surface area contributed by atoms with Gasteiger partial charge in [-0.15, -0.1) is 0 Å². The molecule has 2 atom stereocenters. The second-order valence-electron chi connectivity index (χ2n) is 5.84. The van der Waals surface area contributed by atoms with E-state index in [0.29, 0.717) is 6.04 Å². The summed E-state index contributed by atoms with van der Waals surface area (Å²) in [5.74, 6) is 1.09. The lowest BCUT2D eigenvalue weighted by molar-refractivity contribution is 0.0340. The average Bonchev–Trinajstić information content (AvgIpc) is 2.49. The zero-order valence-corrected chi connectivity index (χ0v) is 13.0. The molecule has 1 fully saturated rings. The Morgan fingerprint density at radius 3 is 2.95 bits per heavy atom. The molecule has 0 spiro atoms. The van der Waals surface area contributed by atoms with Crippen molar-refractivity contribution in [3.8, 4) is 0 Å². The van der Waals surface area contributed by atoms with Gasteiger partial charge in [-0.3, -0.25) is 0 Å².